The van der Waals surface area contributed by atoms with E-state index in [4.69, 9.17) is 4.74 Å². The van der Waals surface area contributed by atoms with Crippen molar-refractivity contribution in [2.45, 2.75) is 5.72 Å². The molecule has 4 nitrogen and oxygen atoms in total. The number of hydrogen-bond acceptors (Lipinski definition) is 4. The molecule has 86 valence electrons. The highest BCUT2D eigenvalue weighted by Gasteiger charge is 2.35. The number of hydrogen-bond donors (Lipinski definition) is 2. The Labute approximate surface area is 95.0 Å². The first-order valence-corrected chi connectivity index (χ1v) is 5.38. The van der Waals surface area contributed by atoms with Crippen molar-refractivity contribution in [2.75, 3.05) is 26.7 Å². The maximum atomic E-state index is 11.0. The second kappa shape index (κ2) is 4.74. The molecule has 4 heteroatoms. The number of carbonyl (C=O) groups excluding carboxylic acids is 1. The Morgan fingerprint density at radius 3 is 2.81 bits per heavy atom. The SMILES string of the molecule is CO[C@]1(c2ccccc2C=O)CNCCN1. The number of nitrogens with one attached hydrogen (secondary N) is 2. The predicted molar refractivity (Wildman–Crippen MR) is 61.4 cm³/mol. The predicted octanol–water partition coefficient (Wildman–Crippen LogP) is 0.491. The summed E-state index contributed by atoms with van der Waals surface area (Å²) in [6.45, 7) is 2.39. The van der Waals surface area contributed by atoms with Crippen LogP contribution < -0.4 is 10.6 Å². The molecule has 1 aliphatic heterocycles. The lowest BCUT2D eigenvalue weighted by atomic mass is 9.96. The summed E-state index contributed by atoms with van der Waals surface area (Å²) in [7, 11) is 1.65. The van der Waals surface area contributed by atoms with Gasteiger partial charge in [0, 0.05) is 37.9 Å². The maximum Gasteiger partial charge on any atom is 0.158 e. The molecule has 2 N–H and O–H groups in total. The molecule has 1 heterocycles. The minimum atomic E-state index is -0.588. The molecule has 0 amide bonds. The van der Waals surface area contributed by atoms with Gasteiger partial charge in [0.1, 0.15) is 6.29 Å². The molecular formula is C12H16N2O2. The third-order valence-corrected chi connectivity index (χ3v) is 2.96. The second-order valence-electron chi connectivity index (χ2n) is 3.84. The van der Waals surface area contributed by atoms with Gasteiger partial charge in [-0.3, -0.25) is 10.1 Å². The summed E-state index contributed by atoms with van der Waals surface area (Å²) in [6.07, 6.45) is 0.867. The quantitative estimate of drug-likeness (QED) is 0.728. The summed E-state index contributed by atoms with van der Waals surface area (Å²) in [5, 5.41) is 6.60. The smallest absolute Gasteiger partial charge is 0.158 e. The van der Waals surface area contributed by atoms with Gasteiger partial charge in [0.15, 0.2) is 5.72 Å². The van der Waals surface area contributed by atoms with Crippen LogP contribution in [0.5, 0.6) is 0 Å². The van der Waals surface area contributed by atoms with Crippen LogP contribution in [-0.4, -0.2) is 33.0 Å². The summed E-state index contributed by atoms with van der Waals surface area (Å²) in [6, 6.07) is 7.50. The van der Waals surface area contributed by atoms with Crippen LogP contribution in [0.1, 0.15) is 15.9 Å². The first kappa shape index (κ1) is 11.3. The van der Waals surface area contributed by atoms with E-state index >= 15 is 0 Å². The molecule has 0 spiro atoms. The van der Waals surface area contributed by atoms with Gasteiger partial charge in [-0.2, -0.15) is 0 Å². The summed E-state index contributed by atoms with van der Waals surface area (Å²) in [5.74, 6) is 0. The molecule has 0 aromatic heterocycles. The Kier molecular flexibility index (Phi) is 3.33. The molecule has 1 saturated heterocycles. The lowest BCUT2D eigenvalue weighted by Gasteiger charge is -2.38. The fourth-order valence-electron chi connectivity index (χ4n) is 2.09. The van der Waals surface area contributed by atoms with E-state index in [2.05, 4.69) is 10.6 Å². The number of benzene rings is 1. The van der Waals surface area contributed by atoms with Crippen LogP contribution in [0.4, 0.5) is 0 Å². The lowest BCUT2D eigenvalue weighted by Crippen LogP contribution is -2.58. The van der Waals surface area contributed by atoms with E-state index in [0.29, 0.717) is 12.1 Å². The van der Waals surface area contributed by atoms with E-state index in [1.54, 1.807) is 13.2 Å². The fourth-order valence-corrected chi connectivity index (χ4v) is 2.09. The molecule has 2 rings (SSSR count). The van der Waals surface area contributed by atoms with Crippen molar-refractivity contribution < 1.29 is 9.53 Å². The highest BCUT2D eigenvalue weighted by Crippen LogP contribution is 2.25. The molecule has 1 aromatic rings. The van der Waals surface area contributed by atoms with Crippen LogP contribution in [0.25, 0.3) is 0 Å². The maximum absolute atomic E-state index is 11.0. The molecule has 1 atom stereocenters. The van der Waals surface area contributed by atoms with Gasteiger partial charge in [0.2, 0.25) is 0 Å². The van der Waals surface area contributed by atoms with Gasteiger partial charge in [-0.15, -0.1) is 0 Å². The number of aldehydes is 1. The molecule has 0 aliphatic carbocycles. The van der Waals surface area contributed by atoms with Gasteiger partial charge < -0.3 is 10.1 Å². The van der Waals surface area contributed by atoms with E-state index in [1.165, 1.54) is 0 Å². The molecule has 16 heavy (non-hydrogen) atoms. The Morgan fingerprint density at radius 2 is 2.19 bits per heavy atom. The molecule has 1 aliphatic rings. The molecule has 1 fully saturated rings. The number of ether oxygens (including phenoxy) is 1. The van der Waals surface area contributed by atoms with E-state index < -0.39 is 5.72 Å². The molecule has 0 unspecified atom stereocenters. The third-order valence-electron chi connectivity index (χ3n) is 2.96. The summed E-state index contributed by atoms with van der Waals surface area (Å²) in [5.41, 5.74) is 0.968. The van der Waals surface area contributed by atoms with Crippen molar-refractivity contribution in [3.63, 3.8) is 0 Å². The first-order valence-electron chi connectivity index (χ1n) is 5.38. The van der Waals surface area contributed by atoms with Gasteiger partial charge >= 0.3 is 0 Å². The second-order valence-corrected chi connectivity index (χ2v) is 3.84. The van der Waals surface area contributed by atoms with Crippen molar-refractivity contribution in [3.05, 3.63) is 35.4 Å². The minimum absolute atomic E-state index is 0.588. The van der Waals surface area contributed by atoms with Crippen molar-refractivity contribution in [2.24, 2.45) is 0 Å². The largest absolute Gasteiger partial charge is 0.358 e. The average molecular weight is 220 g/mol. The van der Waals surface area contributed by atoms with Crippen LogP contribution in [0.15, 0.2) is 24.3 Å². The van der Waals surface area contributed by atoms with Gasteiger partial charge in [-0.25, -0.2) is 0 Å². The number of rotatable bonds is 3. The van der Waals surface area contributed by atoms with Crippen LogP contribution >= 0.6 is 0 Å². The minimum Gasteiger partial charge on any atom is -0.358 e. The van der Waals surface area contributed by atoms with Crippen LogP contribution in [0.2, 0.25) is 0 Å². The van der Waals surface area contributed by atoms with Crippen molar-refractivity contribution in [3.8, 4) is 0 Å². The van der Waals surface area contributed by atoms with Crippen LogP contribution in [-0.2, 0) is 10.5 Å². The number of methoxy groups -OCH3 is 1. The van der Waals surface area contributed by atoms with E-state index in [9.17, 15) is 4.79 Å². The third kappa shape index (κ3) is 1.87. The van der Waals surface area contributed by atoms with E-state index in [0.717, 1.165) is 24.9 Å². The fraction of sp³-hybridized carbons (Fsp3) is 0.417. The standard InChI is InChI=1S/C12H16N2O2/c1-16-12(9-13-6-7-14-12)11-5-3-2-4-10(11)8-15/h2-5,8,13-14H,6-7,9H2,1H3/t12-/m0/s1. The molecule has 1 aromatic carbocycles. The van der Waals surface area contributed by atoms with Gasteiger partial charge in [-0.1, -0.05) is 24.3 Å². The topological polar surface area (TPSA) is 50.4 Å². The van der Waals surface area contributed by atoms with Gasteiger partial charge in [-0.05, 0) is 0 Å². The van der Waals surface area contributed by atoms with E-state index in [-0.39, 0.29) is 0 Å². The molecule has 0 saturated carbocycles. The highest BCUT2D eigenvalue weighted by molar-refractivity contribution is 5.77. The molecular weight excluding hydrogens is 204 g/mol. The summed E-state index contributed by atoms with van der Waals surface area (Å²) >= 11 is 0. The van der Waals surface area contributed by atoms with Gasteiger partial charge in [0.05, 0.1) is 0 Å². The van der Waals surface area contributed by atoms with Crippen LogP contribution in [0, 0.1) is 0 Å². The van der Waals surface area contributed by atoms with Crippen LogP contribution in [0.3, 0.4) is 0 Å². The normalized spacial score (nSPS) is 25.3. The van der Waals surface area contributed by atoms with Crippen molar-refractivity contribution in [1.82, 2.24) is 10.6 Å². The molecule has 0 bridgehead atoms. The summed E-state index contributed by atoms with van der Waals surface area (Å²) < 4.78 is 5.57. The van der Waals surface area contributed by atoms with E-state index in [1.807, 2.05) is 18.2 Å². The van der Waals surface area contributed by atoms with Crippen molar-refractivity contribution in [1.29, 1.82) is 0 Å². The zero-order valence-corrected chi connectivity index (χ0v) is 9.32. The number of piperazine rings is 1. The Bertz CT molecular complexity index is 373. The van der Waals surface area contributed by atoms with Crippen molar-refractivity contribution >= 4 is 6.29 Å². The Balaban J connectivity index is 2.42. The molecule has 0 radical (unpaired) electrons. The monoisotopic (exact) mass is 220 g/mol. The number of carbonyl (C=O) groups is 1. The first-order chi connectivity index (χ1) is 7.82. The lowest BCUT2D eigenvalue weighted by molar-refractivity contribution is -0.0539. The summed E-state index contributed by atoms with van der Waals surface area (Å²) in [4.78, 5) is 11.0. The highest BCUT2D eigenvalue weighted by atomic mass is 16.5. The Hall–Kier alpha value is -1.23. The average Bonchev–Trinajstić information content (AvgIpc) is 2.39. The zero-order valence-electron chi connectivity index (χ0n) is 9.32. The van der Waals surface area contributed by atoms with Gasteiger partial charge in [0.25, 0.3) is 0 Å². The Morgan fingerprint density at radius 1 is 1.38 bits per heavy atom. The zero-order chi connectivity index (χ0) is 11.4.